The van der Waals surface area contributed by atoms with E-state index in [-0.39, 0.29) is 11.3 Å². The van der Waals surface area contributed by atoms with Crippen LogP contribution in [0.2, 0.25) is 0 Å². The van der Waals surface area contributed by atoms with Crippen molar-refractivity contribution < 1.29 is 27.4 Å². The summed E-state index contributed by atoms with van der Waals surface area (Å²) in [5.41, 5.74) is 0.362. The molecule has 3 nitrogen and oxygen atoms in total. The lowest BCUT2D eigenvalue weighted by Gasteiger charge is -2.21. The number of hydrogen-bond acceptors (Lipinski definition) is 3. The maximum Gasteiger partial charge on any atom is 0.417 e. The minimum atomic E-state index is -4.76. The largest absolute Gasteiger partial charge is 0.490 e. The summed E-state index contributed by atoms with van der Waals surface area (Å²) >= 11 is 0. The molecule has 1 unspecified atom stereocenters. The third-order valence-corrected chi connectivity index (χ3v) is 2.54. The fourth-order valence-electron chi connectivity index (χ4n) is 1.44. The smallest absolute Gasteiger partial charge is 0.417 e. The van der Waals surface area contributed by atoms with Gasteiger partial charge in [0.25, 0.3) is 0 Å². The van der Waals surface area contributed by atoms with E-state index < -0.39 is 24.7 Å². The van der Waals surface area contributed by atoms with Gasteiger partial charge in [-0.15, -0.1) is 0 Å². The second-order valence-corrected chi connectivity index (χ2v) is 5.77. The highest BCUT2D eigenvalue weighted by molar-refractivity contribution is 5.29. The normalized spacial score (nSPS) is 14.1. The van der Waals surface area contributed by atoms with Crippen LogP contribution in [0.15, 0.2) is 18.2 Å². The van der Waals surface area contributed by atoms with Gasteiger partial charge >= 0.3 is 6.18 Å². The van der Waals surface area contributed by atoms with Crippen LogP contribution >= 0.6 is 0 Å². The Morgan fingerprint density at radius 3 is 2.33 bits per heavy atom. The number of nitrogens with one attached hydrogen (secondary N) is 1. The lowest BCUT2D eigenvalue weighted by atomic mass is 10.1. The predicted molar refractivity (Wildman–Crippen MR) is 70.5 cm³/mol. The van der Waals surface area contributed by atoms with Crippen LogP contribution in [0.4, 0.5) is 17.6 Å². The first-order valence-corrected chi connectivity index (χ1v) is 6.39. The van der Waals surface area contributed by atoms with Gasteiger partial charge in [-0.05, 0) is 38.5 Å². The molecule has 1 rings (SSSR count). The molecule has 1 atom stereocenters. The number of rotatable bonds is 5. The average molecular weight is 309 g/mol. The van der Waals surface area contributed by atoms with Gasteiger partial charge in [0.05, 0.1) is 0 Å². The molecule has 0 radical (unpaired) electrons. The first kappa shape index (κ1) is 17.7. The second-order valence-electron chi connectivity index (χ2n) is 5.77. The van der Waals surface area contributed by atoms with Gasteiger partial charge in [-0.1, -0.05) is 0 Å². The van der Waals surface area contributed by atoms with Crippen molar-refractivity contribution in [3.05, 3.63) is 29.6 Å². The standard InChI is InChI=1S/C14H19F4NO2/c1-13(2,3)19-7-9-4-10(15)6-11(5-9)21-8-12(20)14(16,17)18/h4-6,12,19-20H,7-8H2,1-3H3. The van der Waals surface area contributed by atoms with E-state index in [0.29, 0.717) is 12.1 Å². The van der Waals surface area contributed by atoms with Crippen molar-refractivity contribution in [3.63, 3.8) is 0 Å². The minimum absolute atomic E-state index is 0.0518. The van der Waals surface area contributed by atoms with E-state index in [1.165, 1.54) is 12.1 Å². The Morgan fingerprint density at radius 2 is 1.81 bits per heavy atom. The minimum Gasteiger partial charge on any atom is -0.490 e. The molecule has 1 aromatic carbocycles. The molecule has 2 N–H and O–H groups in total. The van der Waals surface area contributed by atoms with Crippen LogP contribution in [0.25, 0.3) is 0 Å². The van der Waals surface area contributed by atoms with Crippen LogP contribution < -0.4 is 10.1 Å². The number of hydrogen-bond donors (Lipinski definition) is 2. The molecular weight excluding hydrogens is 290 g/mol. The first-order valence-electron chi connectivity index (χ1n) is 6.39. The Kier molecular flexibility index (Phi) is 5.58. The van der Waals surface area contributed by atoms with Crippen molar-refractivity contribution in [1.82, 2.24) is 5.32 Å². The third-order valence-electron chi connectivity index (χ3n) is 2.54. The van der Waals surface area contributed by atoms with E-state index in [0.717, 1.165) is 6.07 Å². The molecule has 0 saturated heterocycles. The zero-order chi connectivity index (χ0) is 16.3. The van der Waals surface area contributed by atoms with E-state index >= 15 is 0 Å². The molecule has 21 heavy (non-hydrogen) atoms. The Hall–Kier alpha value is -1.34. The summed E-state index contributed by atoms with van der Waals surface area (Å²) in [6.07, 6.45) is -7.36. The molecule has 0 amide bonds. The molecule has 0 heterocycles. The highest BCUT2D eigenvalue weighted by atomic mass is 19.4. The lowest BCUT2D eigenvalue weighted by molar-refractivity contribution is -0.210. The Balaban J connectivity index is 2.69. The summed E-state index contributed by atoms with van der Waals surface area (Å²) in [6.45, 7) is 5.18. The zero-order valence-electron chi connectivity index (χ0n) is 12.1. The van der Waals surface area contributed by atoms with Crippen LogP contribution in [-0.2, 0) is 6.54 Å². The fourth-order valence-corrected chi connectivity index (χ4v) is 1.44. The van der Waals surface area contributed by atoms with Gasteiger partial charge in [-0.3, -0.25) is 0 Å². The first-order chi connectivity index (χ1) is 9.47. The molecule has 1 aromatic rings. The van der Waals surface area contributed by atoms with Crippen LogP contribution in [0.5, 0.6) is 5.75 Å². The number of halogens is 4. The summed E-state index contributed by atoms with van der Waals surface area (Å²) in [5.74, 6) is -0.663. The molecular formula is C14H19F4NO2. The zero-order valence-corrected chi connectivity index (χ0v) is 12.1. The number of aliphatic hydroxyl groups excluding tert-OH is 1. The SMILES string of the molecule is CC(C)(C)NCc1cc(F)cc(OCC(O)C(F)(F)F)c1. The van der Waals surface area contributed by atoms with E-state index in [1.54, 1.807) is 0 Å². The molecule has 0 aromatic heterocycles. The molecule has 0 saturated carbocycles. The van der Waals surface area contributed by atoms with Crippen LogP contribution in [0, 0.1) is 5.82 Å². The van der Waals surface area contributed by atoms with Gasteiger partial charge in [0.2, 0.25) is 0 Å². The number of ether oxygens (including phenoxy) is 1. The summed E-state index contributed by atoms with van der Waals surface area (Å²) in [5, 5.41) is 12.0. The Bertz CT molecular complexity index is 469. The second kappa shape index (κ2) is 6.62. The van der Waals surface area contributed by atoms with Crippen LogP contribution in [0.1, 0.15) is 26.3 Å². The van der Waals surface area contributed by atoms with Crippen molar-refractivity contribution in [1.29, 1.82) is 0 Å². The van der Waals surface area contributed by atoms with Crippen molar-refractivity contribution in [2.75, 3.05) is 6.61 Å². The van der Waals surface area contributed by atoms with Crippen molar-refractivity contribution in [2.24, 2.45) is 0 Å². The predicted octanol–water partition coefficient (Wildman–Crippen LogP) is 3.02. The van der Waals surface area contributed by atoms with Gasteiger partial charge in [0, 0.05) is 18.2 Å². The quantitative estimate of drug-likeness (QED) is 0.822. The van der Waals surface area contributed by atoms with Crippen molar-refractivity contribution >= 4 is 0 Å². The Labute approximate surface area is 120 Å². The van der Waals surface area contributed by atoms with E-state index in [9.17, 15) is 17.6 Å². The summed E-state index contributed by atoms with van der Waals surface area (Å²) in [7, 11) is 0. The number of alkyl halides is 3. The number of benzene rings is 1. The van der Waals surface area contributed by atoms with Crippen molar-refractivity contribution in [3.8, 4) is 5.75 Å². The third kappa shape index (κ3) is 6.77. The van der Waals surface area contributed by atoms with Gasteiger partial charge in [-0.2, -0.15) is 13.2 Å². The van der Waals surface area contributed by atoms with Crippen LogP contribution in [-0.4, -0.2) is 29.5 Å². The van der Waals surface area contributed by atoms with Gasteiger partial charge < -0.3 is 15.2 Å². The van der Waals surface area contributed by atoms with Gasteiger partial charge in [0.15, 0.2) is 6.10 Å². The van der Waals surface area contributed by atoms with E-state index in [4.69, 9.17) is 9.84 Å². The van der Waals surface area contributed by atoms with Gasteiger partial charge in [-0.25, -0.2) is 4.39 Å². The molecule has 7 heteroatoms. The van der Waals surface area contributed by atoms with E-state index in [2.05, 4.69) is 5.32 Å². The molecule has 0 aliphatic carbocycles. The van der Waals surface area contributed by atoms with Gasteiger partial charge in [0.1, 0.15) is 18.2 Å². The van der Waals surface area contributed by atoms with Crippen LogP contribution in [0.3, 0.4) is 0 Å². The maximum atomic E-state index is 13.4. The Morgan fingerprint density at radius 1 is 1.19 bits per heavy atom. The monoisotopic (exact) mass is 309 g/mol. The highest BCUT2D eigenvalue weighted by Crippen LogP contribution is 2.22. The topological polar surface area (TPSA) is 41.5 Å². The molecule has 120 valence electrons. The molecule has 0 fully saturated rings. The van der Waals surface area contributed by atoms with Crippen molar-refractivity contribution in [2.45, 2.75) is 45.1 Å². The lowest BCUT2D eigenvalue weighted by Crippen LogP contribution is -2.35. The maximum absolute atomic E-state index is 13.4. The molecule has 0 spiro atoms. The summed E-state index contributed by atoms with van der Waals surface area (Å²) < 4.78 is 54.7. The van der Waals surface area contributed by atoms with E-state index in [1.807, 2.05) is 20.8 Å². The number of aliphatic hydroxyl groups is 1. The summed E-state index contributed by atoms with van der Waals surface area (Å²) in [6, 6.07) is 3.68. The fraction of sp³-hybridized carbons (Fsp3) is 0.571. The molecule has 0 aliphatic rings. The average Bonchev–Trinajstić information content (AvgIpc) is 2.31. The highest BCUT2D eigenvalue weighted by Gasteiger charge is 2.38. The molecule has 0 bridgehead atoms. The summed E-state index contributed by atoms with van der Waals surface area (Å²) in [4.78, 5) is 0. The molecule has 0 aliphatic heterocycles.